The Labute approximate surface area is 128 Å². The van der Waals surface area contributed by atoms with E-state index in [9.17, 15) is 4.79 Å². The summed E-state index contributed by atoms with van der Waals surface area (Å²) in [5, 5.41) is 3.01. The molecular formula is C17H17N3O2. The molecule has 0 amide bonds. The third-order valence-corrected chi connectivity index (χ3v) is 3.62. The summed E-state index contributed by atoms with van der Waals surface area (Å²) in [6.07, 6.45) is 4.88. The van der Waals surface area contributed by atoms with Gasteiger partial charge in [-0.15, -0.1) is 0 Å². The van der Waals surface area contributed by atoms with Gasteiger partial charge < -0.3 is 9.73 Å². The normalized spacial score (nSPS) is 10.6. The van der Waals surface area contributed by atoms with Crippen molar-refractivity contribution < 1.29 is 4.42 Å². The maximum absolute atomic E-state index is 12.5. The van der Waals surface area contributed by atoms with Crippen LogP contribution in [0, 0.1) is 13.8 Å². The largest absolute Gasteiger partial charge is 0.467 e. The molecule has 1 aromatic carbocycles. The molecule has 5 nitrogen and oxygen atoms in total. The molecule has 0 fully saturated rings. The van der Waals surface area contributed by atoms with Crippen molar-refractivity contribution in [3.05, 3.63) is 76.2 Å². The number of hydrogen-bond donors (Lipinski definition) is 1. The number of hydrogen-bond acceptors (Lipinski definition) is 4. The molecule has 22 heavy (non-hydrogen) atoms. The number of furan rings is 1. The molecule has 0 aliphatic rings. The second-order valence-electron chi connectivity index (χ2n) is 5.15. The minimum atomic E-state index is -0.183. The Balaban J connectivity index is 1.91. The Bertz CT molecular complexity index is 835. The number of rotatable bonds is 4. The highest BCUT2D eigenvalue weighted by atomic mass is 16.3. The fourth-order valence-electron chi connectivity index (χ4n) is 2.20. The molecule has 0 radical (unpaired) electrons. The van der Waals surface area contributed by atoms with Gasteiger partial charge in [-0.25, -0.2) is 4.98 Å². The number of aromatic nitrogens is 2. The summed E-state index contributed by atoms with van der Waals surface area (Å²) in [4.78, 5) is 16.7. The van der Waals surface area contributed by atoms with E-state index in [1.54, 1.807) is 23.2 Å². The lowest BCUT2D eigenvalue weighted by Crippen LogP contribution is -2.23. The van der Waals surface area contributed by atoms with Crippen LogP contribution in [0.15, 0.2) is 58.2 Å². The Morgan fingerprint density at radius 1 is 1.23 bits per heavy atom. The number of aryl methyl sites for hydroxylation is 2. The van der Waals surface area contributed by atoms with Crippen molar-refractivity contribution in [3.8, 4) is 5.69 Å². The predicted octanol–water partition coefficient (Wildman–Crippen LogP) is 3.05. The topological polar surface area (TPSA) is 60.1 Å². The van der Waals surface area contributed by atoms with Crippen molar-refractivity contribution in [3.63, 3.8) is 0 Å². The summed E-state index contributed by atoms with van der Waals surface area (Å²) in [5.41, 5.74) is 2.99. The van der Waals surface area contributed by atoms with Crippen molar-refractivity contribution in [2.24, 2.45) is 0 Å². The van der Waals surface area contributed by atoms with E-state index in [-0.39, 0.29) is 5.56 Å². The number of benzene rings is 1. The van der Waals surface area contributed by atoms with Crippen molar-refractivity contribution in [1.29, 1.82) is 0 Å². The summed E-state index contributed by atoms with van der Waals surface area (Å²) in [5.74, 6) is 1.06. The maximum Gasteiger partial charge on any atom is 0.297 e. The molecule has 0 aliphatic heterocycles. The first-order valence-corrected chi connectivity index (χ1v) is 7.06. The molecule has 5 heteroatoms. The van der Waals surface area contributed by atoms with E-state index in [1.807, 2.05) is 44.2 Å². The monoisotopic (exact) mass is 295 g/mol. The second kappa shape index (κ2) is 5.89. The van der Waals surface area contributed by atoms with Crippen molar-refractivity contribution in [2.75, 3.05) is 5.32 Å². The van der Waals surface area contributed by atoms with Crippen LogP contribution in [-0.4, -0.2) is 9.55 Å². The highest BCUT2D eigenvalue weighted by molar-refractivity contribution is 5.42. The Hall–Kier alpha value is -2.82. The predicted molar refractivity (Wildman–Crippen MR) is 85.3 cm³/mol. The van der Waals surface area contributed by atoms with E-state index in [4.69, 9.17) is 4.42 Å². The van der Waals surface area contributed by atoms with Gasteiger partial charge in [-0.05, 0) is 49.2 Å². The smallest absolute Gasteiger partial charge is 0.297 e. The van der Waals surface area contributed by atoms with Crippen molar-refractivity contribution in [1.82, 2.24) is 9.55 Å². The molecule has 112 valence electrons. The summed E-state index contributed by atoms with van der Waals surface area (Å²) in [6, 6.07) is 9.58. The van der Waals surface area contributed by atoms with E-state index in [2.05, 4.69) is 10.3 Å². The van der Waals surface area contributed by atoms with Crippen LogP contribution in [0.2, 0.25) is 0 Å². The average Bonchev–Trinajstić information content (AvgIpc) is 3.02. The standard InChI is InChI=1S/C17H17N3O2/c1-12-5-6-14(10-13(12)2)20-8-7-18-16(17(20)21)19-11-15-4-3-9-22-15/h3-10H,11H2,1-2H3,(H,18,19). The molecule has 3 aromatic rings. The van der Waals surface area contributed by atoms with Crippen LogP contribution in [0.1, 0.15) is 16.9 Å². The Kier molecular flexibility index (Phi) is 3.78. The third kappa shape index (κ3) is 2.79. The molecule has 0 atom stereocenters. The SMILES string of the molecule is Cc1ccc(-n2ccnc(NCc3ccco3)c2=O)cc1C. The average molecular weight is 295 g/mol. The molecule has 0 bridgehead atoms. The molecule has 0 saturated carbocycles. The van der Waals surface area contributed by atoms with Crippen LogP contribution in [0.5, 0.6) is 0 Å². The van der Waals surface area contributed by atoms with E-state index >= 15 is 0 Å². The zero-order valence-corrected chi connectivity index (χ0v) is 12.5. The minimum Gasteiger partial charge on any atom is -0.467 e. The van der Waals surface area contributed by atoms with Gasteiger partial charge in [0.05, 0.1) is 12.8 Å². The van der Waals surface area contributed by atoms with Crippen LogP contribution in [-0.2, 0) is 6.54 Å². The molecule has 2 heterocycles. The van der Waals surface area contributed by atoms with Crippen LogP contribution in [0.4, 0.5) is 5.82 Å². The van der Waals surface area contributed by atoms with Gasteiger partial charge in [-0.2, -0.15) is 0 Å². The van der Waals surface area contributed by atoms with Gasteiger partial charge in [0.25, 0.3) is 5.56 Å². The van der Waals surface area contributed by atoms with Gasteiger partial charge >= 0.3 is 0 Å². The van der Waals surface area contributed by atoms with Crippen LogP contribution < -0.4 is 10.9 Å². The van der Waals surface area contributed by atoms with Crippen LogP contribution in [0.25, 0.3) is 5.69 Å². The first-order chi connectivity index (χ1) is 10.6. The zero-order chi connectivity index (χ0) is 15.5. The highest BCUT2D eigenvalue weighted by Crippen LogP contribution is 2.13. The lowest BCUT2D eigenvalue weighted by molar-refractivity contribution is 0.517. The number of anilines is 1. The number of nitrogens with one attached hydrogen (secondary N) is 1. The van der Waals surface area contributed by atoms with E-state index < -0.39 is 0 Å². The second-order valence-corrected chi connectivity index (χ2v) is 5.15. The molecule has 3 rings (SSSR count). The lowest BCUT2D eigenvalue weighted by Gasteiger charge is -2.10. The summed E-state index contributed by atoms with van der Waals surface area (Å²) in [7, 11) is 0. The van der Waals surface area contributed by atoms with Gasteiger partial charge in [0.1, 0.15) is 5.76 Å². The fraction of sp³-hybridized carbons (Fsp3) is 0.176. The maximum atomic E-state index is 12.5. The third-order valence-electron chi connectivity index (χ3n) is 3.62. The van der Waals surface area contributed by atoms with Crippen molar-refractivity contribution in [2.45, 2.75) is 20.4 Å². The molecule has 0 saturated heterocycles. The summed E-state index contributed by atoms with van der Waals surface area (Å²) in [6.45, 7) is 4.50. The molecule has 1 N–H and O–H groups in total. The minimum absolute atomic E-state index is 0.183. The number of nitrogens with zero attached hydrogens (tertiary/aromatic N) is 2. The van der Waals surface area contributed by atoms with Gasteiger partial charge in [0, 0.05) is 18.1 Å². The first kappa shape index (κ1) is 14.1. The summed E-state index contributed by atoms with van der Waals surface area (Å²) >= 11 is 0. The molecule has 0 unspecified atom stereocenters. The lowest BCUT2D eigenvalue weighted by atomic mass is 10.1. The van der Waals surface area contributed by atoms with E-state index in [0.717, 1.165) is 17.0 Å². The van der Waals surface area contributed by atoms with Crippen LogP contribution >= 0.6 is 0 Å². The molecule has 0 aliphatic carbocycles. The first-order valence-electron chi connectivity index (χ1n) is 7.06. The van der Waals surface area contributed by atoms with Crippen LogP contribution in [0.3, 0.4) is 0 Å². The van der Waals surface area contributed by atoms with E-state index in [1.165, 1.54) is 5.56 Å². The Morgan fingerprint density at radius 2 is 2.09 bits per heavy atom. The quantitative estimate of drug-likeness (QED) is 0.803. The van der Waals surface area contributed by atoms with Gasteiger partial charge in [0.15, 0.2) is 5.82 Å². The zero-order valence-electron chi connectivity index (χ0n) is 12.5. The molecule has 2 aromatic heterocycles. The van der Waals surface area contributed by atoms with Gasteiger partial charge in [0.2, 0.25) is 0 Å². The van der Waals surface area contributed by atoms with Gasteiger partial charge in [-0.3, -0.25) is 9.36 Å². The highest BCUT2D eigenvalue weighted by Gasteiger charge is 2.07. The molecular weight excluding hydrogens is 278 g/mol. The van der Waals surface area contributed by atoms with E-state index in [0.29, 0.717) is 12.4 Å². The summed E-state index contributed by atoms with van der Waals surface area (Å²) < 4.78 is 6.83. The Morgan fingerprint density at radius 3 is 2.82 bits per heavy atom. The van der Waals surface area contributed by atoms with Gasteiger partial charge in [-0.1, -0.05) is 6.07 Å². The molecule has 0 spiro atoms. The van der Waals surface area contributed by atoms with Crippen molar-refractivity contribution >= 4 is 5.82 Å². The fourth-order valence-corrected chi connectivity index (χ4v) is 2.20.